The number of fused-ring (bicyclic) bond motifs is 1. The molecule has 174 valence electrons. The van der Waals surface area contributed by atoms with Gasteiger partial charge in [0.05, 0.1) is 43.8 Å². The lowest BCUT2D eigenvalue weighted by molar-refractivity contribution is 0.300. The van der Waals surface area contributed by atoms with Crippen molar-refractivity contribution >= 4 is 43.9 Å². The molecule has 0 saturated heterocycles. The van der Waals surface area contributed by atoms with Gasteiger partial charge in [-0.2, -0.15) is 0 Å². The molecular weight excluding hydrogens is 470 g/mol. The van der Waals surface area contributed by atoms with Gasteiger partial charge in [-0.15, -0.1) is 0 Å². The van der Waals surface area contributed by atoms with E-state index in [9.17, 15) is 4.21 Å². The molecule has 0 aliphatic heterocycles. The second-order valence-corrected chi connectivity index (χ2v) is 11.7. The predicted molar refractivity (Wildman–Crippen MR) is 134 cm³/mol. The minimum Gasteiger partial charge on any atom is -0.491 e. The van der Waals surface area contributed by atoms with E-state index in [1.807, 2.05) is 30.5 Å². The van der Waals surface area contributed by atoms with E-state index in [-0.39, 0.29) is 5.25 Å². The van der Waals surface area contributed by atoms with Gasteiger partial charge in [0.1, 0.15) is 5.75 Å². The summed E-state index contributed by atoms with van der Waals surface area (Å²) >= 11 is 6.48. The van der Waals surface area contributed by atoms with Crippen LogP contribution in [0.1, 0.15) is 25.7 Å². The van der Waals surface area contributed by atoms with E-state index in [1.54, 1.807) is 24.4 Å². The maximum atomic E-state index is 13.0. The average molecular weight is 494 g/mol. The Morgan fingerprint density at radius 3 is 2.79 bits per heavy atom. The van der Waals surface area contributed by atoms with Crippen molar-refractivity contribution in [3.05, 3.63) is 59.9 Å². The van der Waals surface area contributed by atoms with E-state index < -0.39 is 9.73 Å². The van der Waals surface area contributed by atoms with Crippen LogP contribution in [0.2, 0.25) is 5.02 Å². The van der Waals surface area contributed by atoms with Gasteiger partial charge in [-0.05, 0) is 55.9 Å². The van der Waals surface area contributed by atoms with Gasteiger partial charge in [0.15, 0.2) is 0 Å². The van der Waals surface area contributed by atoms with E-state index in [4.69, 9.17) is 26.1 Å². The standard InChI is InChI=1S/C25H24ClN5O2S/c26-20-13-29-25(31-24(20)19-12-28-21-4-2-1-3-18(19)21)30-22-10-9-17(34(27,32)16-7-8-16)11-23(22)33-14-15-5-6-15/h1-4,9-13,15-16,27-28H,5-8,14H2,(H,29,30,31). The predicted octanol–water partition coefficient (Wildman–Crippen LogP) is 6.38. The molecule has 4 aromatic rings. The molecule has 2 fully saturated rings. The van der Waals surface area contributed by atoms with Crippen LogP contribution in [0.5, 0.6) is 5.75 Å². The summed E-state index contributed by atoms with van der Waals surface area (Å²) in [6, 6.07) is 13.3. The highest BCUT2D eigenvalue weighted by Gasteiger charge is 2.34. The van der Waals surface area contributed by atoms with Crippen LogP contribution in [-0.4, -0.2) is 31.0 Å². The fourth-order valence-corrected chi connectivity index (χ4v) is 5.93. The van der Waals surface area contributed by atoms with Gasteiger partial charge >= 0.3 is 0 Å². The van der Waals surface area contributed by atoms with Crippen LogP contribution in [0, 0.1) is 10.7 Å². The number of H-pyrrole nitrogens is 1. The van der Waals surface area contributed by atoms with E-state index in [0.29, 0.717) is 45.5 Å². The molecule has 7 nitrogen and oxygen atoms in total. The summed E-state index contributed by atoms with van der Waals surface area (Å²) in [5.74, 6) is 1.50. The van der Waals surface area contributed by atoms with Crippen LogP contribution in [0.3, 0.4) is 0 Å². The molecule has 0 amide bonds. The maximum Gasteiger partial charge on any atom is 0.227 e. The fourth-order valence-electron chi connectivity index (χ4n) is 4.00. The quantitative estimate of drug-likeness (QED) is 0.264. The smallest absolute Gasteiger partial charge is 0.227 e. The number of hydrogen-bond donors (Lipinski definition) is 3. The molecule has 2 heterocycles. The Morgan fingerprint density at radius 1 is 1.18 bits per heavy atom. The lowest BCUT2D eigenvalue weighted by Crippen LogP contribution is -2.08. The Balaban J connectivity index is 1.35. The third kappa shape index (κ3) is 4.12. The molecule has 6 rings (SSSR count). The molecule has 2 aliphatic carbocycles. The SMILES string of the molecule is N=S(=O)(c1ccc(Nc2ncc(Cl)c(-c3c[nH]c4ccccc34)n2)c(OCC2CC2)c1)C1CC1. The minimum absolute atomic E-state index is 0.0547. The number of anilines is 2. The zero-order valence-corrected chi connectivity index (χ0v) is 20.0. The summed E-state index contributed by atoms with van der Waals surface area (Å²) in [6.45, 7) is 0.600. The van der Waals surface area contributed by atoms with Crippen molar-refractivity contribution in [3.63, 3.8) is 0 Å². The molecule has 2 aromatic heterocycles. The summed E-state index contributed by atoms with van der Waals surface area (Å²) in [7, 11) is -2.82. The molecule has 3 N–H and O–H groups in total. The Bertz CT molecular complexity index is 1490. The topological polar surface area (TPSA) is 104 Å². The van der Waals surface area contributed by atoms with Crippen molar-refractivity contribution in [3.8, 4) is 17.0 Å². The van der Waals surface area contributed by atoms with Gasteiger partial charge in [-0.3, -0.25) is 0 Å². The average Bonchev–Trinajstić information content (AvgIpc) is 3.77. The number of nitrogens with one attached hydrogen (secondary N) is 3. The normalized spacial score (nSPS) is 17.4. The highest BCUT2D eigenvalue weighted by atomic mass is 35.5. The maximum absolute atomic E-state index is 13.0. The zero-order valence-electron chi connectivity index (χ0n) is 18.4. The molecule has 1 atom stereocenters. The molecule has 0 bridgehead atoms. The monoisotopic (exact) mass is 493 g/mol. The Labute approximate surface area is 202 Å². The number of halogens is 1. The van der Waals surface area contributed by atoms with Crippen LogP contribution >= 0.6 is 11.6 Å². The van der Waals surface area contributed by atoms with E-state index in [1.165, 1.54) is 0 Å². The lowest BCUT2D eigenvalue weighted by Gasteiger charge is -2.15. The van der Waals surface area contributed by atoms with Crippen LogP contribution < -0.4 is 10.1 Å². The van der Waals surface area contributed by atoms with Crippen molar-refractivity contribution < 1.29 is 8.95 Å². The number of para-hydroxylation sites is 1. The number of ether oxygens (including phenoxy) is 1. The number of nitrogens with zero attached hydrogens (tertiary/aromatic N) is 2. The van der Waals surface area contributed by atoms with Gasteiger partial charge in [0.2, 0.25) is 5.95 Å². The lowest BCUT2D eigenvalue weighted by atomic mass is 10.1. The summed E-state index contributed by atoms with van der Waals surface area (Å²) in [4.78, 5) is 12.8. The molecule has 9 heteroatoms. The second kappa shape index (κ2) is 8.29. The highest BCUT2D eigenvalue weighted by Crippen LogP contribution is 2.39. The van der Waals surface area contributed by atoms with Crippen molar-refractivity contribution in [2.45, 2.75) is 35.8 Å². The summed E-state index contributed by atoms with van der Waals surface area (Å²) < 4.78 is 27.5. The van der Waals surface area contributed by atoms with Gasteiger partial charge < -0.3 is 15.0 Å². The number of aromatic nitrogens is 3. The molecule has 0 spiro atoms. The zero-order chi connectivity index (χ0) is 23.3. The van der Waals surface area contributed by atoms with E-state index >= 15 is 0 Å². The Morgan fingerprint density at radius 2 is 2.00 bits per heavy atom. The number of benzene rings is 2. The third-order valence-electron chi connectivity index (χ3n) is 6.30. The first-order chi connectivity index (χ1) is 16.5. The molecule has 34 heavy (non-hydrogen) atoms. The molecule has 2 aromatic carbocycles. The van der Waals surface area contributed by atoms with Gasteiger partial charge in [0, 0.05) is 27.9 Å². The Hall–Kier alpha value is -3.10. The molecule has 2 saturated carbocycles. The van der Waals surface area contributed by atoms with Gasteiger partial charge in [-0.25, -0.2) is 19.0 Å². The second-order valence-electron chi connectivity index (χ2n) is 8.98. The molecular formula is C25H24ClN5O2S. The summed E-state index contributed by atoms with van der Waals surface area (Å²) in [5.41, 5.74) is 3.19. The molecule has 0 radical (unpaired) electrons. The third-order valence-corrected chi connectivity index (χ3v) is 8.94. The first kappa shape index (κ1) is 21.4. The molecule has 2 aliphatic rings. The Kier molecular flexibility index (Phi) is 5.22. The first-order valence-corrected chi connectivity index (χ1v) is 13.4. The van der Waals surface area contributed by atoms with Crippen molar-refractivity contribution in [1.29, 1.82) is 4.78 Å². The molecule has 1 unspecified atom stereocenters. The van der Waals surface area contributed by atoms with Crippen molar-refractivity contribution in [2.75, 3.05) is 11.9 Å². The highest BCUT2D eigenvalue weighted by molar-refractivity contribution is 7.93. The largest absolute Gasteiger partial charge is 0.491 e. The first-order valence-electron chi connectivity index (χ1n) is 11.4. The van der Waals surface area contributed by atoms with E-state index in [0.717, 1.165) is 42.1 Å². The van der Waals surface area contributed by atoms with Crippen LogP contribution in [0.4, 0.5) is 11.6 Å². The number of aromatic amines is 1. The van der Waals surface area contributed by atoms with Crippen LogP contribution in [-0.2, 0) is 9.73 Å². The van der Waals surface area contributed by atoms with Crippen LogP contribution in [0.15, 0.2) is 59.8 Å². The van der Waals surface area contributed by atoms with Crippen molar-refractivity contribution in [2.24, 2.45) is 5.92 Å². The number of rotatable bonds is 8. The fraction of sp³-hybridized carbons (Fsp3) is 0.280. The van der Waals surface area contributed by atoms with Crippen LogP contribution in [0.25, 0.3) is 22.2 Å². The van der Waals surface area contributed by atoms with Gasteiger partial charge in [-0.1, -0.05) is 29.8 Å². The summed E-state index contributed by atoms with van der Waals surface area (Å²) in [5, 5.41) is 4.67. The van der Waals surface area contributed by atoms with Gasteiger partial charge in [0.25, 0.3) is 0 Å². The van der Waals surface area contributed by atoms with E-state index in [2.05, 4.69) is 15.3 Å². The minimum atomic E-state index is -2.82. The van der Waals surface area contributed by atoms with Crippen molar-refractivity contribution in [1.82, 2.24) is 15.0 Å². The summed E-state index contributed by atoms with van der Waals surface area (Å²) in [6.07, 6.45) is 7.48. The number of hydrogen-bond acceptors (Lipinski definition) is 6.